The summed E-state index contributed by atoms with van der Waals surface area (Å²) in [5.41, 5.74) is 5.02. The molecule has 0 spiro atoms. The molecule has 0 aliphatic carbocycles. The molecule has 3 N–H and O–H groups in total. The van der Waals surface area contributed by atoms with Crippen molar-refractivity contribution in [3.8, 4) is 10.4 Å². The van der Waals surface area contributed by atoms with E-state index in [1.165, 1.54) is 4.88 Å². The second kappa shape index (κ2) is 13.4. The summed E-state index contributed by atoms with van der Waals surface area (Å²) < 4.78 is 0. The number of hydrogen-bond donors (Lipinski definition) is 3. The van der Waals surface area contributed by atoms with Gasteiger partial charge in [0.2, 0.25) is 11.8 Å². The van der Waals surface area contributed by atoms with E-state index in [2.05, 4.69) is 28.9 Å². The highest BCUT2D eigenvalue weighted by atomic mass is 32.1. The van der Waals surface area contributed by atoms with E-state index >= 15 is 0 Å². The molecule has 0 bridgehead atoms. The van der Waals surface area contributed by atoms with Crippen LogP contribution in [0.3, 0.4) is 0 Å². The van der Waals surface area contributed by atoms with Crippen LogP contribution in [0.5, 0.6) is 0 Å². The Morgan fingerprint density at radius 3 is 2.07 bits per heavy atom. The zero-order valence-corrected chi connectivity index (χ0v) is 25.5. The normalized spacial score (nSPS) is 18.1. The van der Waals surface area contributed by atoms with Crippen molar-refractivity contribution >= 4 is 52.6 Å². The minimum atomic E-state index is -0.512. The van der Waals surface area contributed by atoms with Crippen LogP contribution in [0.15, 0.2) is 84.9 Å². The highest BCUT2D eigenvalue weighted by Gasteiger charge is 2.35. The van der Waals surface area contributed by atoms with Gasteiger partial charge in [0.15, 0.2) is 0 Å². The van der Waals surface area contributed by atoms with Gasteiger partial charge in [-0.05, 0) is 92.7 Å². The second-order valence-electron chi connectivity index (χ2n) is 11.3. The number of likely N-dealkylation sites (tertiary alicyclic amines) is 1. The minimum absolute atomic E-state index is 0.0137. The number of hydrogen-bond acceptors (Lipinski definition) is 5. The van der Waals surface area contributed by atoms with Crippen LogP contribution in [0, 0.1) is 6.92 Å². The number of thiophene rings is 1. The van der Waals surface area contributed by atoms with Crippen LogP contribution in [-0.4, -0.2) is 47.8 Å². The van der Waals surface area contributed by atoms with Gasteiger partial charge in [0, 0.05) is 38.8 Å². The molecule has 0 radical (unpaired) electrons. The molecule has 1 aromatic heterocycles. The van der Waals surface area contributed by atoms with Gasteiger partial charge in [-0.25, -0.2) is 0 Å². The molecule has 3 heterocycles. The number of rotatable bonds is 8. The Morgan fingerprint density at radius 1 is 0.795 bits per heavy atom. The molecule has 2 atom stereocenters. The molecule has 6 rings (SSSR count). The predicted octanol–water partition coefficient (Wildman–Crippen LogP) is 6.83. The largest absolute Gasteiger partial charge is 0.327 e. The number of nitrogens with one attached hydrogen (secondary N) is 3. The van der Waals surface area contributed by atoms with Crippen molar-refractivity contribution in [3.05, 3.63) is 106 Å². The van der Waals surface area contributed by atoms with Crippen LogP contribution >= 0.6 is 11.3 Å². The molecule has 2 aliphatic rings. The summed E-state index contributed by atoms with van der Waals surface area (Å²) in [5.74, 6) is -0.259. The van der Waals surface area contributed by atoms with Crippen LogP contribution in [0.2, 0.25) is 0 Å². The molecule has 44 heavy (non-hydrogen) atoms. The number of amides is 3. The van der Waals surface area contributed by atoms with E-state index in [1.807, 2.05) is 91.0 Å². The fraction of sp³-hybridized carbons (Fsp3) is 0.250. The van der Waals surface area contributed by atoms with Crippen molar-refractivity contribution in [2.45, 2.75) is 44.7 Å². The molecular formula is C36H36N4O3S. The molecule has 4 aromatic rings. The molecule has 2 saturated heterocycles. The fourth-order valence-corrected chi connectivity index (χ4v) is 6.72. The summed E-state index contributed by atoms with van der Waals surface area (Å²) in [5, 5.41) is 9.20. The molecule has 2 fully saturated rings. The second-order valence-corrected chi connectivity index (χ2v) is 12.6. The van der Waals surface area contributed by atoms with Crippen molar-refractivity contribution in [1.82, 2.24) is 10.2 Å². The average Bonchev–Trinajstić information content (AvgIpc) is 3.84. The summed E-state index contributed by atoms with van der Waals surface area (Å²) in [4.78, 5) is 43.3. The van der Waals surface area contributed by atoms with Gasteiger partial charge in [0.25, 0.3) is 5.91 Å². The number of carbonyl (C=O) groups is 3. The van der Waals surface area contributed by atoms with Crippen LogP contribution in [0.4, 0.5) is 11.4 Å². The summed E-state index contributed by atoms with van der Waals surface area (Å²) in [6.45, 7) is 3.50. The third-order valence-corrected chi connectivity index (χ3v) is 9.22. The van der Waals surface area contributed by atoms with Crippen LogP contribution < -0.4 is 16.0 Å². The van der Waals surface area contributed by atoms with Gasteiger partial charge in [0.1, 0.15) is 6.04 Å². The van der Waals surface area contributed by atoms with Crippen LogP contribution in [0.25, 0.3) is 22.6 Å². The summed E-state index contributed by atoms with van der Waals surface area (Å²) in [6, 6.07) is 26.6. The van der Waals surface area contributed by atoms with Crippen LogP contribution in [0.1, 0.15) is 52.0 Å². The van der Waals surface area contributed by atoms with Crippen molar-refractivity contribution in [1.29, 1.82) is 0 Å². The van der Waals surface area contributed by atoms with Gasteiger partial charge >= 0.3 is 0 Å². The Labute approximate surface area is 262 Å². The van der Waals surface area contributed by atoms with Gasteiger partial charge in [-0.15, -0.1) is 11.3 Å². The van der Waals surface area contributed by atoms with Gasteiger partial charge in [-0.2, -0.15) is 0 Å². The number of benzene rings is 3. The fourth-order valence-electron chi connectivity index (χ4n) is 5.81. The van der Waals surface area contributed by atoms with Crippen molar-refractivity contribution in [2.75, 3.05) is 23.7 Å². The topological polar surface area (TPSA) is 90.5 Å². The first-order valence-electron chi connectivity index (χ1n) is 15.1. The van der Waals surface area contributed by atoms with Crippen molar-refractivity contribution < 1.29 is 14.4 Å². The maximum atomic E-state index is 13.7. The highest BCUT2D eigenvalue weighted by molar-refractivity contribution is 7.15. The molecule has 2 aliphatic heterocycles. The Kier molecular flexibility index (Phi) is 9.00. The average molecular weight is 605 g/mol. The Balaban J connectivity index is 1.06. The number of carbonyl (C=O) groups excluding carboxylic acids is 3. The first-order valence-corrected chi connectivity index (χ1v) is 16.0. The molecule has 3 aromatic carbocycles. The van der Waals surface area contributed by atoms with Gasteiger partial charge in [-0.1, -0.05) is 54.6 Å². The number of anilines is 2. The highest BCUT2D eigenvalue weighted by Crippen LogP contribution is 2.32. The third-order valence-electron chi connectivity index (χ3n) is 8.18. The van der Waals surface area contributed by atoms with Gasteiger partial charge in [-0.3, -0.25) is 14.4 Å². The summed E-state index contributed by atoms with van der Waals surface area (Å²) in [6.07, 6.45) is 7.35. The quantitative estimate of drug-likeness (QED) is 0.192. The lowest BCUT2D eigenvalue weighted by molar-refractivity contribution is -0.120. The van der Waals surface area contributed by atoms with Crippen molar-refractivity contribution in [2.24, 2.45) is 0 Å². The first kappa shape index (κ1) is 29.5. The molecule has 8 heteroatoms. The number of aryl methyl sites for hydroxylation is 1. The lowest BCUT2D eigenvalue weighted by atomic mass is 10.0. The van der Waals surface area contributed by atoms with Gasteiger partial charge < -0.3 is 20.9 Å². The van der Waals surface area contributed by atoms with E-state index in [9.17, 15) is 14.4 Å². The first-order chi connectivity index (χ1) is 21.4. The van der Waals surface area contributed by atoms with Crippen LogP contribution in [-0.2, 0) is 9.59 Å². The van der Waals surface area contributed by atoms with E-state index in [4.69, 9.17) is 0 Å². The third kappa shape index (κ3) is 6.82. The molecule has 224 valence electrons. The SMILES string of the molecule is Cc1ccc(-c2ccccc2C(=O)N2CCC[C@H]2C(=O)Nc2ccc(/C=C/c3ccc(NC(=O)[C@@H]4CCCN4)cc3)cc2)s1. The zero-order chi connectivity index (χ0) is 30.5. The molecular weight excluding hydrogens is 568 g/mol. The molecule has 0 unspecified atom stereocenters. The molecule has 3 amide bonds. The lowest BCUT2D eigenvalue weighted by Gasteiger charge is -2.25. The lowest BCUT2D eigenvalue weighted by Crippen LogP contribution is -2.43. The summed E-state index contributed by atoms with van der Waals surface area (Å²) >= 11 is 1.66. The monoisotopic (exact) mass is 604 g/mol. The number of nitrogens with zero attached hydrogens (tertiary/aromatic N) is 1. The van der Waals surface area contributed by atoms with E-state index in [0.29, 0.717) is 24.2 Å². The van der Waals surface area contributed by atoms with E-state index < -0.39 is 6.04 Å². The predicted molar refractivity (Wildman–Crippen MR) is 179 cm³/mol. The van der Waals surface area contributed by atoms with Crippen molar-refractivity contribution in [3.63, 3.8) is 0 Å². The van der Waals surface area contributed by atoms with E-state index in [1.54, 1.807) is 16.2 Å². The van der Waals surface area contributed by atoms with E-state index in [0.717, 1.165) is 53.1 Å². The minimum Gasteiger partial charge on any atom is -0.327 e. The van der Waals surface area contributed by atoms with E-state index in [-0.39, 0.29) is 23.8 Å². The maximum absolute atomic E-state index is 13.7. The smallest absolute Gasteiger partial charge is 0.255 e. The zero-order valence-electron chi connectivity index (χ0n) is 24.7. The molecule has 7 nitrogen and oxygen atoms in total. The summed E-state index contributed by atoms with van der Waals surface area (Å²) in [7, 11) is 0. The van der Waals surface area contributed by atoms with Gasteiger partial charge in [0.05, 0.1) is 6.04 Å². The maximum Gasteiger partial charge on any atom is 0.255 e. The Morgan fingerprint density at radius 2 is 1.45 bits per heavy atom. The molecule has 0 saturated carbocycles. The Bertz CT molecular complexity index is 1670. The Hall–Kier alpha value is -4.53. The standard InChI is InChI=1S/C36H36N4O3S/c1-24-10-21-33(44-24)29-6-2-3-7-30(29)36(43)40-23-5-9-32(40)35(42)39-28-19-15-26(16-20-28)12-11-25-13-17-27(18-14-25)38-34(41)31-8-4-22-37-31/h2-3,6-7,10-21,31-32,37H,4-5,8-9,22-23H2,1H3,(H,38,41)(H,39,42)/b12-11+/t31-,32-/m0/s1.